The Bertz CT molecular complexity index is 1460. The van der Waals surface area contributed by atoms with E-state index in [1.165, 1.54) is 26.6 Å². The van der Waals surface area contributed by atoms with Crippen LogP contribution in [0.4, 0.5) is 5.69 Å². The van der Waals surface area contributed by atoms with E-state index in [1.807, 2.05) is 30.2 Å². The molecule has 13 heteroatoms. The van der Waals surface area contributed by atoms with Crippen LogP contribution in [0.15, 0.2) is 101 Å². The number of aromatic nitrogens is 1. The number of carbonyl (C=O) groups excluding carboxylic acids is 4. The number of hydrogen-bond acceptors (Lipinski definition) is 12. The molecule has 2 aliphatic rings. The van der Waals surface area contributed by atoms with Crippen molar-refractivity contribution in [2.75, 3.05) is 31.1 Å². The van der Waals surface area contributed by atoms with Gasteiger partial charge in [-0.15, -0.1) is 0 Å². The molecule has 0 saturated carbocycles. The Balaban J connectivity index is 0.000000275. The van der Waals surface area contributed by atoms with Crippen LogP contribution >= 0.6 is 23.4 Å². The van der Waals surface area contributed by atoms with Crippen LogP contribution in [-0.4, -0.2) is 59.9 Å². The molecule has 0 N–H and O–H groups in total. The lowest BCUT2D eigenvalue weighted by Crippen LogP contribution is -2.48. The molecule has 1 aromatic heterocycles. The number of pyridine rings is 1. The lowest BCUT2D eigenvalue weighted by atomic mass is 9.96. The topological polar surface area (TPSA) is 180 Å². The molecule has 1 atom stereocenters. The molecule has 230 valence electrons. The van der Waals surface area contributed by atoms with Gasteiger partial charge in [0, 0.05) is 65.1 Å². The molecule has 2 aliphatic heterocycles. The molecule has 1 unspecified atom stereocenters. The van der Waals surface area contributed by atoms with Gasteiger partial charge in [0.15, 0.2) is 0 Å². The second-order valence-corrected chi connectivity index (χ2v) is 10.8. The van der Waals surface area contributed by atoms with Gasteiger partial charge in [0.1, 0.15) is 0 Å². The number of piperazine rings is 1. The lowest BCUT2D eigenvalue weighted by molar-refractivity contribution is -0.301. The summed E-state index contributed by atoms with van der Waals surface area (Å²) in [4.78, 5) is 49.6. The molecule has 11 nitrogen and oxygen atoms in total. The summed E-state index contributed by atoms with van der Waals surface area (Å²) in [5.74, 6) is -6.19. The number of carboxylic acids is 4. The highest BCUT2D eigenvalue weighted by atomic mass is 35.5. The average Bonchev–Trinajstić information content (AvgIpc) is 3.17. The Morgan fingerprint density at radius 3 is 1.84 bits per heavy atom. The molecule has 1 saturated heterocycles. The monoisotopic (exact) mass is 635 g/mol. The van der Waals surface area contributed by atoms with Crippen LogP contribution in [0.3, 0.4) is 0 Å². The molecular formula is C31H26ClN3O8S-4. The van der Waals surface area contributed by atoms with Crippen molar-refractivity contribution >= 4 is 52.9 Å². The molecule has 0 amide bonds. The number of benzene rings is 2. The number of halogens is 1. The van der Waals surface area contributed by atoms with Gasteiger partial charge in [0.2, 0.25) is 0 Å². The zero-order valence-corrected chi connectivity index (χ0v) is 24.7. The van der Waals surface area contributed by atoms with Crippen molar-refractivity contribution in [3.05, 3.63) is 107 Å². The summed E-state index contributed by atoms with van der Waals surface area (Å²) < 4.78 is 0. The summed E-state index contributed by atoms with van der Waals surface area (Å²) in [7, 11) is 0. The molecule has 5 rings (SSSR count). The SMILES string of the molecule is Clc1ccc2c(c1)C(N1CCN(c3ccncc3)CC1)Cc1ccccc1S2.O=C([O-])/C=C\C(=O)[O-].O=C([O-])/C=C\C(=O)[O-]. The van der Waals surface area contributed by atoms with Gasteiger partial charge in [-0.1, -0.05) is 41.6 Å². The minimum Gasteiger partial charge on any atom is -0.545 e. The van der Waals surface area contributed by atoms with Crippen LogP contribution in [0.25, 0.3) is 0 Å². The first kappa shape index (κ1) is 33.8. The molecule has 1 fully saturated rings. The van der Waals surface area contributed by atoms with Crippen molar-refractivity contribution in [3.63, 3.8) is 0 Å². The Labute approximate surface area is 262 Å². The van der Waals surface area contributed by atoms with Gasteiger partial charge in [-0.05, 0) is 78.3 Å². The van der Waals surface area contributed by atoms with E-state index >= 15 is 0 Å². The minimum absolute atomic E-state index is 0.365. The van der Waals surface area contributed by atoms with Crippen molar-refractivity contribution in [3.8, 4) is 0 Å². The fourth-order valence-corrected chi connectivity index (χ4v) is 5.82. The third-order valence-corrected chi connectivity index (χ3v) is 7.88. The van der Waals surface area contributed by atoms with Crippen LogP contribution in [-0.2, 0) is 25.6 Å². The van der Waals surface area contributed by atoms with E-state index in [4.69, 9.17) is 11.6 Å². The summed E-state index contributed by atoms with van der Waals surface area (Å²) in [6.07, 6.45) is 6.32. The predicted octanol–water partition coefficient (Wildman–Crippen LogP) is -0.610. The van der Waals surface area contributed by atoms with Crippen LogP contribution < -0.4 is 25.3 Å². The largest absolute Gasteiger partial charge is 0.545 e. The molecule has 0 spiro atoms. The second-order valence-electron chi connectivity index (χ2n) is 9.28. The molecule has 44 heavy (non-hydrogen) atoms. The standard InChI is InChI=1S/C23H22ClN3S.2C4H4O4/c24-18-5-6-23-20(16-18)21(15-17-3-1-2-4-22(17)28-23)27-13-11-26(12-14-27)19-7-9-25-10-8-19;2*5-3(6)1-2-4(7)8/h1-10,16,21H,11-15H2;2*1-2H,(H,5,6)(H,7,8)/p-4/b;2*2-1-. The van der Waals surface area contributed by atoms with Crippen molar-refractivity contribution in [2.24, 2.45) is 0 Å². The Morgan fingerprint density at radius 1 is 0.750 bits per heavy atom. The van der Waals surface area contributed by atoms with Gasteiger partial charge < -0.3 is 44.5 Å². The van der Waals surface area contributed by atoms with Crippen LogP contribution in [0.1, 0.15) is 17.2 Å². The summed E-state index contributed by atoms with van der Waals surface area (Å²) in [5, 5.41) is 38.5. The van der Waals surface area contributed by atoms with Crippen LogP contribution in [0.2, 0.25) is 5.02 Å². The van der Waals surface area contributed by atoms with E-state index in [2.05, 4.69) is 63.3 Å². The predicted molar refractivity (Wildman–Crippen MR) is 155 cm³/mol. The van der Waals surface area contributed by atoms with Crippen molar-refractivity contribution < 1.29 is 39.6 Å². The summed E-state index contributed by atoms with van der Waals surface area (Å²) in [6, 6.07) is 19.7. The molecule has 0 radical (unpaired) electrons. The van der Waals surface area contributed by atoms with Gasteiger partial charge in [0.05, 0.1) is 23.9 Å². The zero-order chi connectivity index (χ0) is 32.1. The van der Waals surface area contributed by atoms with Crippen LogP contribution in [0, 0.1) is 0 Å². The minimum atomic E-state index is -1.55. The van der Waals surface area contributed by atoms with Gasteiger partial charge in [-0.25, -0.2) is 0 Å². The quantitative estimate of drug-likeness (QED) is 0.314. The van der Waals surface area contributed by atoms with Crippen LogP contribution in [0.5, 0.6) is 0 Å². The first-order valence-electron chi connectivity index (χ1n) is 13.2. The van der Waals surface area contributed by atoms with Gasteiger partial charge in [-0.2, -0.15) is 0 Å². The summed E-state index contributed by atoms with van der Waals surface area (Å²) in [6.45, 7) is 4.16. The molecule has 0 aliphatic carbocycles. The van der Waals surface area contributed by atoms with Gasteiger partial charge in [0.25, 0.3) is 0 Å². The van der Waals surface area contributed by atoms with Gasteiger partial charge in [-0.3, -0.25) is 9.88 Å². The maximum Gasteiger partial charge on any atom is 0.0643 e. The second kappa shape index (κ2) is 16.8. The molecule has 3 aromatic rings. The maximum absolute atomic E-state index is 9.41. The van der Waals surface area contributed by atoms with E-state index in [0.717, 1.165) is 37.6 Å². The number of carboxylic acid groups (broad SMARTS) is 4. The highest BCUT2D eigenvalue weighted by Crippen LogP contribution is 2.43. The van der Waals surface area contributed by atoms with E-state index < -0.39 is 23.9 Å². The Hall–Kier alpha value is -4.65. The average molecular weight is 636 g/mol. The normalized spacial score (nSPS) is 15.9. The Morgan fingerprint density at radius 2 is 1.30 bits per heavy atom. The molecule has 3 heterocycles. The number of fused-ring (bicyclic) bond motifs is 2. The number of aliphatic carboxylic acids is 4. The van der Waals surface area contributed by atoms with Crippen molar-refractivity contribution in [1.82, 2.24) is 9.88 Å². The number of hydrogen-bond donors (Lipinski definition) is 0. The van der Waals surface area contributed by atoms with E-state index in [1.54, 1.807) is 0 Å². The molecular weight excluding hydrogens is 610 g/mol. The third-order valence-electron chi connectivity index (χ3n) is 6.43. The third kappa shape index (κ3) is 10.9. The Kier molecular flexibility index (Phi) is 13.0. The smallest absolute Gasteiger partial charge is 0.0643 e. The number of rotatable bonds is 6. The molecule has 0 bridgehead atoms. The number of nitrogens with zero attached hydrogens (tertiary/aromatic N) is 3. The summed E-state index contributed by atoms with van der Waals surface area (Å²) in [5.41, 5.74) is 4.06. The number of anilines is 1. The lowest BCUT2D eigenvalue weighted by Gasteiger charge is -2.40. The fraction of sp³-hybridized carbons (Fsp3) is 0.194. The van der Waals surface area contributed by atoms with E-state index in [-0.39, 0.29) is 0 Å². The van der Waals surface area contributed by atoms with Crippen molar-refractivity contribution in [2.45, 2.75) is 22.3 Å². The first-order chi connectivity index (χ1) is 21.0. The summed E-state index contributed by atoms with van der Waals surface area (Å²) >= 11 is 8.28. The fourth-order valence-electron chi connectivity index (χ4n) is 4.53. The zero-order valence-electron chi connectivity index (χ0n) is 23.2. The highest BCUT2D eigenvalue weighted by Gasteiger charge is 2.30. The molecule has 2 aromatic carbocycles. The van der Waals surface area contributed by atoms with Crippen molar-refractivity contribution in [1.29, 1.82) is 0 Å². The van der Waals surface area contributed by atoms with E-state index in [0.29, 0.717) is 30.3 Å². The van der Waals surface area contributed by atoms with E-state index in [9.17, 15) is 39.6 Å². The first-order valence-corrected chi connectivity index (χ1v) is 14.4. The number of carbonyl (C=O) groups is 4. The maximum atomic E-state index is 9.41. The highest BCUT2D eigenvalue weighted by molar-refractivity contribution is 7.99. The van der Waals surface area contributed by atoms with Gasteiger partial charge >= 0.3 is 0 Å².